The van der Waals surface area contributed by atoms with E-state index in [2.05, 4.69) is 10.1 Å². The molecule has 1 aromatic heterocycles. The van der Waals surface area contributed by atoms with Crippen LogP contribution in [0.25, 0.3) is 0 Å². The maximum absolute atomic E-state index is 11.3. The Kier molecular flexibility index (Phi) is 5.61. The maximum atomic E-state index is 11.3. The van der Waals surface area contributed by atoms with Crippen LogP contribution in [0.1, 0.15) is 31.2 Å². The van der Waals surface area contributed by atoms with Crippen molar-refractivity contribution in [2.75, 3.05) is 7.11 Å². The Balaban J connectivity index is 2.71. The van der Waals surface area contributed by atoms with E-state index >= 15 is 0 Å². The number of hydrogen-bond acceptors (Lipinski definition) is 5. The van der Waals surface area contributed by atoms with Crippen molar-refractivity contribution in [3.63, 3.8) is 0 Å². The molecule has 0 spiro atoms. The summed E-state index contributed by atoms with van der Waals surface area (Å²) in [7, 11) is 1.35. The minimum absolute atomic E-state index is 0.160. The van der Waals surface area contributed by atoms with E-state index in [0.717, 1.165) is 4.88 Å². The highest BCUT2D eigenvalue weighted by molar-refractivity contribution is 7.10. The van der Waals surface area contributed by atoms with Crippen LogP contribution in [0.3, 0.4) is 0 Å². The van der Waals surface area contributed by atoms with Gasteiger partial charge in [0.25, 0.3) is 0 Å². The van der Waals surface area contributed by atoms with E-state index < -0.39 is 6.10 Å². The van der Waals surface area contributed by atoms with Gasteiger partial charge in [0.2, 0.25) is 0 Å². The number of thiophene rings is 1. The molecule has 5 heteroatoms. The lowest BCUT2D eigenvalue weighted by atomic mass is 10.1. The van der Waals surface area contributed by atoms with Crippen molar-refractivity contribution >= 4 is 17.3 Å². The van der Waals surface area contributed by atoms with Crippen LogP contribution in [-0.4, -0.2) is 30.3 Å². The van der Waals surface area contributed by atoms with E-state index in [0.29, 0.717) is 0 Å². The monoisotopic (exact) mass is 257 g/mol. The molecule has 2 N–H and O–H groups in total. The van der Waals surface area contributed by atoms with E-state index in [4.69, 9.17) is 0 Å². The zero-order valence-electron chi connectivity index (χ0n) is 10.3. The van der Waals surface area contributed by atoms with Crippen LogP contribution >= 0.6 is 11.3 Å². The molecule has 0 saturated carbocycles. The summed E-state index contributed by atoms with van der Waals surface area (Å²) < 4.78 is 4.64. The third kappa shape index (κ3) is 4.46. The number of nitrogens with one attached hydrogen (secondary N) is 1. The SMILES string of the molecule is COC(=O)CC(NC(C)C)C(O)c1cccs1. The van der Waals surface area contributed by atoms with Crippen molar-refractivity contribution in [2.45, 2.75) is 38.5 Å². The Morgan fingerprint density at radius 1 is 1.59 bits per heavy atom. The fourth-order valence-electron chi connectivity index (χ4n) is 1.61. The van der Waals surface area contributed by atoms with Gasteiger partial charge in [-0.05, 0) is 11.4 Å². The van der Waals surface area contributed by atoms with Gasteiger partial charge < -0.3 is 15.2 Å². The highest BCUT2D eigenvalue weighted by atomic mass is 32.1. The molecule has 0 aromatic carbocycles. The van der Waals surface area contributed by atoms with Gasteiger partial charge in [-0.25, -0.2) is 0 Å². The quantitative estimate of drug-likeness (QED) is 0.762. The van der Waals surface area contributed by atoms with Crippen molar-refractivity contribution < 1.29 is 14.6 Å². The first-order valence-corrected chi connectivity index (χ1v) is 6.47. The van der Waals surface area contributed by atoms with Crippen LogP contribution in [0.4, 0.5) is 0 Å². The number of esters is 1. The summed E-state index contributed by atoms with van der Waals surface area (Å²) in [4.78, 5) is 12.2. The Morgan fingerprint density at radius 2 is 2.29 bits per heavy atom. The topological polar surface area (TPSA) is 58.6 Å². The second kappa shape index (κ2) is 6.74. The molecule has 2 unspecified atom stereocenters. The van der Waals surface area contributed by atoms with Gasteiger partial charge in [-0.2, -0.15) is 0 Å². The Labute approximate surface area is 106 Å². The van der Waals surface area contributed by atoms with Crippen molar-refractivity contribution in [2.24, 2.45) is 0 Å². The zero-order chi connectivity index (χ0) is 12.8. The summed E-state index contributed by atoms with van der Waals surface area (Å²) >= 11 is 1.48. The molecule has 0 aliphatic rings. The lowest BCUT2D eigenvalue weighted by molar-refractivity contribution is -0.142. The molecule has 0 fully saturated rings. The molecule has 1 heterocycles. The van der Waals surface area contributed by atoms with Gasteiger partial charge in [0, 0.05) is 17.0 Å². The number of rotatable bonds is 6. The van der Waals surface area contributed by atoms with Crippen LogP contribution in [0, 0.1) is 0 Å². The second-order valence-corrected chi connectivity index (χ2v) is 5.15. The third-order valence-electron chi connectivity index (χ3n) is 2.38. The fourth-order valence-corrected chi connectivity index (χ4v) is 2.39. The van der Waals surface area contributed by atoms with E-state index in [1.807, 2.05) is 31.4 Å². The first-order chi connectivity index (χ1) is 8.04. The predicted octanol–water partition coefficient (Wildman–Crippen LogP) is 1.71. The predicted molar refractivity (Wildman–Crippen MR) is 68.0 cm³/mol. The van der Waals surface area contributed by atoms with E-state index in [1.165, 1.54) is 18.4 Å². The maximum Gasteiger partial charge on any atom is 0.307 e. The molecule has 17 heavy (non-hydrogen) atoms. The molecule has 0 aliphatic carbocycles. The molecule has 0 radical (unpaired) electrons. The fraction of sp³-hybridized carbons (Fsp3) is 0.583. The number of aliphatic hydroxyl groups excluding tert-OH is 1. The van der Waals surface area contributed by atoms with Crippen LogP contribution in [0.2, 0.25) is 0 Å². The largest absolute Gasteiger partial charge is 0.469 e. The van der Waals surface area contributed by atoms with Gasteiger partial charge in [-0.1, -0.05) is 19.9 Å². The zero-order valence-corrected chi connectivity index (χ0v) is 11.2. The minimum atomic E-state index is -0.684. The molecule has 2 atom stereocenters. The molecule has 0 amide bonds. The van der Waals surface area contributed by atoms with Crippen molar-refractivity contribution in [3.05, 3.63) is 22.4 Å². The number of methoxy groups -OCH3 is 1. The van der Waals surface area contributed by atoms with Gasteiger partial charge in [0.05, 0.1) is 13.5 Å². The molecular weight excluding hydrogens is 238 g/mol. The van der Waals surface area contributed by atoms with Crippen LogP contribution in [-0.2, 0) is 9.53 Å². The van der Waals surface area contributed by atoms with Gasteiger partial charge in [-0.3, -0.25) is 4.79 Å². The van der Waals surface area contributed by atoms with E-state index in [1.54, 1.807) is 0 Å². The summed E-state index contributed by atoms with van der Waals surface area (Å²) in [5.74, 6) is -0.321. The highest BCUT2D eigenvalue weighted by Gasteiger charge is 2.25. The molecule has 1 aromatic rings. The summed E-state index contributed by atoms with van der Waals surface area (Å²) in [5.41, 5.74) is 0. The smallest absolute Gasteiger partial charge is 0.307 e. The van der Waals surface area contributed by atoms with Gasteiger partial charge >= 0.3 is 5.97 Å². The Bertz CT molecular complexity index is 338. The number of carbonyl (C=O) groups excluding carboxylic acids is 1. The summed E-state index contributed by atoms with van der Waals surface area (Å²) in [5, 5.41) is 15.3. The van der Waals surface area contributed by atoms with E-state index in [-0.39, 0.29) is 24.5 Å². The van der Waals surface area contributed by atoms with Crippen LogP contribution in [0.15, 0.2) is 17.5 Å². The average Bonchev–Trinajstić information content (AvgIpc) is 2.79. The molecule has 96 valence electrons. The number of hydrogen-bond donors (Lipinski definition) is 2. The number of ether oxygens (including phenoxy) is 1. The van der Waals surface area contributed by atoms with Gasteiger partial charge in [-0.15, -0.1) is 11.3 Å². The minimum Gasteiger partial charge on any atom is -0.469 e. The van der Waals surface area contributed by atoms with Crippen molar-refractivity contribution in [1.29, 1.82) is 0 Å². The number of carbonyl (C=O) groups is 1. The van der Waals surface area contributed by atoms with Crippen molar-refractivity contribution in [1.82, 2.24) is 5.32 Å². The molecule has 4 nitrogen and oxygen atoms in total. The lowest BCUT2D eigenvalue weighted by Gasteiger charge is -2.24. The van der Waals surface area contributed by atoms with Crippen LogP contribution < -0.4 is 5.32 Å². The van der Waals surface area contributed by atoms with Crippen molar-refractivity contribution in [3.8, 4) is 0 Å². The molecular formula is C12H19NO3S. The van der Waals surface area contributed by atoms with E-state index in [9.17, 15) is 9.90 Å². The molecule has 0 bridgehead atoms. The van der Waals surface area contributed by atoms with Gasteiger partial charge in [0.15, 0.2) is 0 Å². The Hall–Kier alpha value is -0.910. The third-order valence-corrected chi connectivity index (χ3v) is 3.32. The summed E-state index contributed by atoms with van der Waals surface area (Å²) in [6.45, 7) is 3.96. The van der Waals surface area contributed by atoms with Crippen LogP contribution in [0.5, 0.6) is 0 Å². The standard InChI is InChI=1S/C12H19NO3S/c1-8(2)13-9(7-11(14)16-3)12(15)10-5-4-6-17-10/h4-6,8-9,12-13,15H,7H2,1-3H3. The Morgan fingerprint density at radius 3 is 2.76 bits per heavy atom. The average molecular weight is 257 g/mol. The second-order valence-electron chi connectivity index (χ2n) is 4.17. The normalized spacial score (nSPS) is 14.6. The summed E-state index contributed by atoms with van der Waals surface area (Å²) in [6.07, 6.45) is -0.523. The molecule has 0 aliphatic heterocycles. The first kappa shape index (κ1) is 14.2. The number of aliphatic hydroxyl groups is 1. The first-order valence-electron chi connectivity index (χ1n) is 5.59. The highest BCUT2D eigenvalue weighted by Crippen LogP contribution is 2.24. The lowest BCUT2D eigenvalue weighted by Crippen LogP contribution is -2.40. The summed E-state index contributed by atoms with van der Waals surface area (Å²) in [6, 6.07) is 3.62. The van der Waals surface area contributed by atoms with Gasteiger partial charge in [0.1, 0.15) is 6.10 Å². The molecule has 1 rings (SSSR count). The molecule has 0 saturated heterocycles.